The number of sulfonamides is 1. The maximum Gasteiger partial charge on any atom is 0.238 e. The highest BCUT2D eigenvalue weighted by Gasteiger charge is 2.20. The fraction of sp³-hybridized carbons (Fsp3) is 0. The van der Waals surface area contributed by atoms with Gasteiger partial charge in [0.15, 0.2) is 11.6 Å². The molecule has 0 saturated carbocycles. The van der Waals surface area contributed by atoms with Gasteiger partial charge in [-0.1, -0.05) is 35.9 Å². The fourth-order valence-electron chi connectivity index (χ4n) is 2.61. The average molecular weight is 398 g/mol. The first-order valence-electron chi connectivity index (χ1n) is 7.25. The molecule has 8 heteroatoms. The molecule has 0 aliphatic heterocycles. The number of primary sulfonamides is 1. The lowest BCUT2D eigenvalue weighted by Crippen LogP contribution is -2.13. The summed E-state index contributed by atoms with van der Waals surface area (Å²) in [5.41, 5.74) is 0.594. The molecule has 0 aliphatic carbocycles. The number of halogens is 4. The van der Waals surface area contributed by atoms with Crippen molar-refractivity contribution in [3.8, 4) is 22.3 Å². The van der Waals surface area contributed by atoms with E-state index in [1.54, 1.807) is 0 Å². The maximum atomic E-state index is 13.9. The topological polar surface area (TPSA) is 60.2 Å². The number of hydrogen-bond donors (Lipinski definition) is 1. The SMILES string of the molecule is NS(=O)(=O)c1ccccc1-c1cc(F)c(F)cc1-c1ccc(F)c(Cl)c1. The Morgan fingerprint density at radius 3 is 2.00 bits per heavy atom. The summed E-state index contributed by atoms with van der Waals surface area (Å²) in [6.45, 7) is 0. The van der Waals surface area contributed by atoms with Gasteiger partial charge in [0.1, 0.15) is 5.82 Å². The molecule has 0 spiro atoms. The molecule has 0 heterocycles. The van der Waals surface area contributed by atoms with E-state index in [4.69, 9.17) is 16.7 Å². The van der Waals surface area contributed by atoms with Crippen LogP contribution >= 0.6 is 11.6 Å². The molecule has 0 unspecified atom stereocenters. The molecule has 0 radical (unpaired) electrons. The Hall–Kier alpha value is -2.35. The molecule has 0 aliphatic rings. The summed E-state index contributed by atoms with van der Waals surface area (Å²) in [5, 5.41) is 5.02. The van der Waals surface area contributed by atoms with E-state index in [-0.39, 0.29) is 32.2 Å². The van der Waals surface area contributed by atoms with Gasteiger partial charge >= 0.3 is 0 Å². The van der Waals surface area contributed by atoms with Crippen molar-refractivity contribution in [3.05, 3.63) is 77.1 Å². The van der Waals surface area contributed by atoms with E-state index < -0.39 is 27.5 Å². The highest BCUT2D eigenvalue weighted by atomic mass is 35.5. The minimum absolute atomic E-state index is 0.0798. The smallest absolute Gasteiger partial charge is 0.225 e. The van der Waals surface area contributed by atoms with Gasteiger partial charge in [0.05, 0.1) is 9.92 Å². The van der Waals surface area contributed by atoms with Crippen LogP contribution in [0.5, 0.6) is 0 Å². The minimum atomic E-state index is -4.12. The van der Waals surface area contributed by atoms with Crippen LogP contribution in [0.15, 0.2) is 59.5 Å². The molecule has 3 rings (SSSR count). The molecule has 3 nitrogen and oxygen atoms in total. The Balaban J connectivity index is 2.36. The Bertz CT molecular complexity index is 1120. The van der Waals surface area contributed by atoms with E-state index in [0.717, 1.165) is 18.2 Å². The van der Waals surface area contributed by atoms with Crippen LogP contribution in [-0.2, 0) is 10.0 Å². The summed E-state index contributed by atoms with van der Waals surface area (Å²) in [7, 11) is -4.12. The number of nitrogens with two attached hydrogens (primary N) is 1. The van der Waals surface area contributed by atoms with Gasteiger partial charge in [-0.25, -0.2) is 26.7 Å². The van der Waals surface area contributed by atoms with Crippen LogP contribution in [0.2, 0.25) is 5.02 Å². The Morgan fingerprint density at radius 2 is 1.38 bits per heavy atom. The van der Waals surface area contributed by atoms with Crippen molar-refractivity contribution in [1.82, 2.24) is 0 Å². The lowest BCUT2D eigenvalue weighted by atomic mass is 9.94. The zero-order valence-corrected chi connectivity index (χ0v) is 14.6. The molecule has 2 N–H and O–H groups in total. The van der Waals surface area contributed by atoms with E-state index in [1.165, 1.54) is 36.4 Å². The standard InChI is InChI=1S/C18H11ClF3NO2S/c19-14-7-10(5-6-15(14)20)12-8-16(21)17(22)9-13(12)11-3-1-2-4-18(11)26(23,24)25/h1-9H,(H2,23,24,25). The summed E-state index contributed by atoms with van der Waals surface area (Å²) in [4.78, 5) is -0.250. The first-order chi connectivity index (χ1) is 12.2. The Kier molecular flexibility index (Phi) is 4.79. The van der Waals surface area contributed by atoms with Crippen LogP contribution in [-0.4, -0.2) is 8.42 Å². The molecule has 3 aromatic carbocycles. The van der Waals surface area contributed by atoms with Gasteiger partial charge in [0.25, 0.3) is 0 Å². The van der Waals surface area contributed by atoms with Crippen LogP contribution in [0.4, 0.5) is 13.2 Å². The minimum Gasteiger partial charge on any atom is -0.225 e. The van der Waals surface area contributed by atoms with Gasteiger partial charge in [-0.15, -0.1) is 0 Å². The molecule has 0 aromatic heterocycles. The van der Waals surface area contributed by atoms with Crippen molar-refractivity contribution in [2.24, 2.45) is 5.14 Å². The molecule has 0 amide bonds. The Labute approximate surface area is 152 Å². The predicted octanol–water partition coefficient (Wildman–Crippen LogP) is 4.74. The fourth-order valence-corrected chi connectivity index (χ4v) is 3.54. The molecule has 0 saturated heterocycles. The Morgan fingerprint density at radius 1 is 0.769 bits per heavy atom. The molecule has 0 bridgehead atoms. The third kappa shape index (κ3) is 3.46. The number of hydrogen-bond acceptors (Lipinski definition) is 2. The van der Waals surface area contributed by atoms with E-state index >= 15 is 0 Å². The molecule has 26 heavy (non-hydrogen) atoms. The largest absolute Gasteiger partial charge is 0.238 e. The van der Waals surface area contributed by atoms with Crippen LogP contribution in [0.3, 0.4) is 0 Å². The summed E-state index contributed by atoms with van der Waals surface area (Å²) >= 11 is 5.78. The van der Waals surface area contributed by atoms with Gasteiger partial charge in [-0.3, -0.25) is 0 Å². The van der Waals surface area contributed by atoms with Crippen LogP contribution in [0.25, 0.3) is 22.3 Å². The van der Waals surface area contributed by atoms with Crippen LogP contribution in [0, 0.1) is 17.5 Å². The van der Waals surface area contributed by atoms with Crippen molar-refractivity contribution in [2.75, 3.05) is 0 Å². The first kappa shape index (κ1) is 18.4. The van der Waals surface area contributed by atoms with Gasteiger partial charge in [0.2, 0.25) is 10.0 Å². The average Bonchev–Trinajstić information content (AvgIpc) is 2.58. The van der Waals surface area contributed by atoms with Crippen LogP contribution in [0.1, 0.15) is 0 Å². The van der Waals surface area contributed by atoms with Crippen molar-refractivity contribution >= 4 is 21.6 Å². The van der Waals surface area contributed by atoms with Crippen molar-refractivity contribution < 1.29 is 21.6 Å². The summed E-state index contributed by atoms with van der Waals surface area (Å²) < 4.78 is 64.9. The van der Waals surface area contributed by atoms with E-state index in [2.05, 4.69) is 0 Å². The van der Waals surface area contributed by atoms with Crippen molar-refractivity contribution in [3.63, 3.8) is 0 Å². The quantitative estimate of drug-likeness (QED) is 0.694. The third-order valence-corrected chi connectivity index (χ3v) is 5.03. The second-order valence-corrected chi connectivity index (χ2v) is 7.42. The summed E-state index contributed by atoms with van der Waals surface area (Å²) in [6.07, 6.45) is 0. The van der Waals surface area contributed by atoms with Gasteiger partial charge in [0, 0.05) is 5.56 Å². The van der Waals surface area contributed by atoms with Crippen molar-refractivity contribution in [2.45, 2.75) is 4.90 Å². The van der Waals surface area contributed by atoms with Gasteiger partial charge in [-0.05, 0) is 47.0 Å². The summed E-state index contributed by atoms with van der Waals surface area (Å²) in [6, 6.07) is 11.1. The second kappa shape index (κ2) is 6.75. The van der Waals surface area contributed by atoms with Crippen LogP contribution < -0.4 is 5.14 Å². The van der Waals surface area contributed by atoms with E-state index in [9.17, 15) is 21.6 Å². The van der Waals surface area contributed by atoms with Crippen molar-refractivity contribution in [1.29, 1.82) is 0 Å². The lowest BCUT2D eigenvalue weighted by Gasteiger charge is -2.14. The molecular weight excluding hydrogens is 387 g/mol. The first-order valence-corrected chi connectivity index (χ1v) is 9.17. The molecule has 134 valence electrons. The molecule has 0 atom stereocenters. The monoisotopic (exact) mass is 397 g/mol. The predicted molar refractivity (Wildman–Crippen MR) is 93.6 cm³/mol. The molecule has 0 fully saturated rings. The van der Waals surface area contributed by atoms with Gasteiger partial charge in [-0.2, -0.15) is 0 Å². The summed E-state index contributed by atoms with van der Waals surface area (Å²) in [5.74, 6) is -2.98. The number of benzene rings is 3. The lowest BCUT2D eigenvalue weighted by molar-refractivity contribution is 0.509. The highest BCUT2D eigenvalue weighted by Crippen LogP contribution is 2.37. The maximum absolute atomic E-state index is 13.9. The third-order valence-electron chi connectivity index (χ3n) is 3.77. The molecule has 3 aromatic rings. The number of rotatable bonds is 3. The van der Waals surface area contributed by atoms with E-state index in [1.807, 2.05) is 0 Å². The normalized spacial score (nSPS) is 11.6. The second-order valence-electron chi connectivity index (χ2n) is 5.48. The molecular formula is C18H11ClF3NO2S. The zero-order valence-electron chi connectivity index (χ0n) is 13.0. The highest BCUT2D eigenvalue weighted by molar-refractivity contribution is 7.89. The van der Waals surface area contributed by atoms with Gasteiger partial charge < -0.3 is 0 Å². The van der Waals surface area contributed by atoms with E-state index in [0.29, 0.717) is 0 Å². The zero-order chi connectivity index (χ0) is 19.1.